The van der Waals surface area contributed by atoms with Crippen LogP contribution in [0.1, 0.15) is 12.5 Å². The SMILES string of the molecule is COC(=O)C(C)Sc1nccn1-c1ccccc1C. The summed E-state index contributed by atoms with van der Waals surface area (Å²) >= 11 is 1.39. The molecule has 0 aliphatic carbocycles. The fraction of sp³-hybridized carbons (Fsp3) is 0.286. The minimum atomic E-state index is -0.282. The second-order valence-corrected chi connectivity index (χ2v) is 5.46. The fourth-order valence-electron chi connectivity index (χ4n) is 1.77. The molecule has 0 radical (unpaired) electrons. The number of carbonyl (C=O) groups excluding carboxylic acids is 1. The van der Waals surface area contributed by atoms with Crippen molar-refractivity contribution in [2.24, 2.45) is 0 Å². The van der Waals surface area contributed by atoms with E-state index in [0.717, 1.165) is 16.4 Å². The van der Waals surface area contributed by atoms with E-state index in [4.69, 9.17) is 4.74 Å². The standard InChI is InChI=1S/C14H16N2O2S/c1-10-6-4-5-7-12(10)16-9-8-15-14(16)19-11(2)13(17)18-3/h4-9,11H,1-3H3. The lowest BCUT2D eigenvalue weighted by Crippen LogP contribution is -2.15. The molecule has 5 heteroatoms. The van der Waals surface area contributed by atoms with Crippen molar-refractivity contribution in [3.8, 4) is 5.69 Å². The fourth-order valence-corrected chi connectivity index (χ4v) is 2.67. The van der Waals surface area contributed by atoms with Crippen LogP contribution in [0.3, 0.4) is 0 Å². The normalized spacial score (nSPS) is 12.2. The van der Waals surface area contributed by atoms with Crippen LogP contribution < -0.4 is 0 Å². The third-order valence-corrected chi connectivity index (χ3v) is 3.86. The van der Waals surface area contributed by atoms with Crippen LogP contribution in [-0.4, -0.2) is 27.9 Å². The van der Waals surface area contributed by atoms with Gasteiger partial charge in [-0.15, -0.1) is 0 Å². The summed E-state index contributed by atoms with van der Waals surface area (Å²) in [5, 5.41) is 0.502. The number of ether oxygens (including phenoxy) is 1. The highest BCUT2D eigenvalue weighted by atomic mass is 32.2. The third kappa shape index (κ3) is 2.98. The van der Waals surface area contributed by atoms with E-state index in [1.807, 2.05) is 48.9 Å². The van der Waals surface area contributed by atoms with Crippen molar-refractivity contribution in [1.29, 1.82) is 0 Å². The molecule has 0 saturated heterocycles. The molecule has 1 unspecified atom stereocenters. The molecule has 0 aliphatic heterocycles. The Morgan fingerprint density at radius 1 is 1.42 bits per heavy atom. The molecule has 0 N–H and O–H groups in total. The summed E-state index contributed by atoms with van der Waals surface area (Å²) in [6.07, 6.45) is 3.63. The average molecular weight is 276 g/mol. The first-order valence-electron chi connectivity index (χ1n) is 5.97. The van der Waals surface area contributed by atoms with Crippen molar-refractivity contribution < 1.29 is 9.53 Å². The van der Waals surface area contributed by atoms with Crippen molar-refractivity contribution in [2.75, 3.05) is 7.11 Å². The summed E-state index contributed by atoms with van der Waals surface area (Å²) in [4.78, 5) is 15.8. The van der Waals surface area contributed by atoms with Crippen LogP contribution in [0, 0.1) is 6.92 Å². The summed E-state index contributed by atoms with van der Waals surface area (Å²) in [5.41, 5.74) is 2.23. The number of aromatic nitrogens is 2. The van der Waals surface area contributed by atoms with Crippen molar-refractivity contribution in [2.45, 2.75) is 24.3 Å². The summed E-state index contributed by atoms with van der Waals surface area (Å²) in [6, 6.07) is 8.07. The Hall–Kier alpha value is -1.75. The van der Waals surface area contributed by atoms with Gasteiger partial charge >= 0.3 is 5.97 Å². The molecule has 2 aromatic rings. The Morgan fingerprint density at radius 2 is 2.16 bits per heavy atom. The van der Waals surface area contributed by atoms with Gasteiger partial charge in [0, 0.05) is 12.4 Å². The number of rotatable bonds is 4. The van der Waals surface area contributed by atoms with E-state index in [2.05, 4.69) is 4.98 Å². The van der Waals surface area contributed by atoms with Crippen molar-refractivity contribution in [1.82, 2.24) is 9.55 Å². The molecule has 0 amide bonds. The van der Waals surface area contributed by atoms with Crippen LogP contribution >= 0.6 is 11.8 Å². The van der Waals surface area contributed by atoms with Gasteiger partial charge in [-0.3, -0.25) is 9.36 Å². The molecule has 4 nitrogen and oxygen atoms in total. The predicted octanol–water partition coefficient (Wildman–Crippen LogP) is 2.83. The van der Waals surface area contributed by atoms with Gasteiger partial charge in [-0.05, 0) is 25.5 Å². The molecule has 1 heterocycles. The second-order valence-electron chi connectivity index (χ2n) is 4.15. The van der Waals surface area contributed by atoms with E-state index >= 15 is 0 Å². The first-order chi connectivity index (χ1) is 9.13. The number of methoxy groups -OCH3 is 1. The Kier molecular flexibility index (Phi) is 4.27. The summed E-state index contributed by atoms with van der Waals surface area (Å²) in [5.74, 6) is -0.246. The molecule has 0 bridgehead atoms. The highest BCUT2D eigenvalue weighted by Crippen LogP contribution is 2.26. The van der Waals surface area contributed by atoms with Gasteiger partial charge in [0.05, 0.1) is 12.8 Å². The minimum absolute atomic E-state index is 0.246. The number of nitrogens with zero attached hydrogens (tertiary/aromatic N) is 2. The third-order valence-electron chi connectivity index (χ3n) is 2.80. The quantitative estimate of drug-likeness (QED) is 0.636. The first kappa shape index (κ1) is 13.7. The molecular formula is C14H16N2O2S. The number of hydrogen-bond acceptors (Lipinski definition) is 4. The number of thioether (sulfide) groups is 1. The first-order valence-corrected chi connectivity index (χ1v) is 6.85. The van der Waals surface area contributed by atoms with E-state index in [0.29, 0.717) is 0 Å². The maximum atomic E-state index is 11.5. The van der Waals surface area contributed by atoms with E-state index in [-0.39, 0.29) is 11.2 Å². The molecule has 100 valence electrons. The maximum Gasteiger partial charge on any atom is 0.318 e. The van der Waals surface area contributed by atoms with Gasteiger partial charge in [0.15, 0.2) is 5.16 Å². The van der Waals surface area contributed by atoms with Gasteiger partial charge in [0.25, 0.3) is 0 Å². The highest BCUT2D eigenvalue weighted by Gasteiger charge is 2.18. The lowest BCUT2D eigenvalue weighted by Gasteiger charge is -2.12. The van der Waals surface area contributed by atoms with E-state index in [9.17, 15) is 4.79 Å². The molecule has 19 heavy (non-hydrogen) atoms. The molecule has 0 fully saturated rings. The molecule has 0 saturated carbocycles. The Morgan fingerprint density at radius 3 is 2.84 bits per heavy atom. The van der Waals surface area contributed by atoms with Gasteiger partial charge < -0.3 is 4.74 Å². The average Bonchev–Trinajstić information content (AvgIpc) is 2.86. The molecule has 0 spiro atoms. The minimum Gasteiger partial charge on any atom is -0.468 e. The maximum absolute atomic E-state index is 11.5. The summed E-state index contributed by atoms with van der Waals surface area (Å²) in [7, 11) is 1.40. The van der Waals surface area contributed by atoms with E-state index in [1.54, 1.807) is 6.20 Å². The van der Waals surface area contributed by atoms with Crippen LogP contribution in [0.4, 0.5) is 0 Å². The van der Waals surface area contributed by atoms with Crippen molar-refractivity contribution >= 4 is 17.7 Å². The van der Waals surface area contributed by atoms with Crippen molar-refractivity contribution in [3.63, 3.8) is 0 Å². The van der Waals surface area contributed by atoms with E-state index in [1.165, 1.54) is 18.9 Å². The number of hydrogen-bond donors (Lipinski definition) is 0. The number of carbonyl (C=O) groups is 1. The zero-order valence-corrected chi connectivity index (χ0v) is 12.0. The highest BCUT2D eigenvalue weighted by molar-refractivity contribution is 8.00. The van der Waals surface area contributed by atoms with Crippen molar-refractivity contribution in [3.05, 3.63) is 42.2 Å². The topological polar surface area (TPSA) is 44.1 Å². The number of para-hydroxylation sites is 1. The summed E-state index contributed by atoms with van der Waals surface area (Å²) < 4.78 is 6.72. The number of benzene rings is 1. The number of esters is 1. The van der Waals surface area contributed by atoms with Gasteiger partial charge in [-0.1, -0.05) is 30.0 Å². The Bertz CT molecular complexity index is 580. The van der Waals surface area contributed by atoms with E-state index < -0.39 is 0 Å². The van der Waals surface area contributed by atoms with Crippen LogP contribution in [0.5, 0.6) is 0 Å². The van der Waals surface area contributed by atoms with Gasteiger partial charge in [0.1, 0.15) is 5.25 Å². The number of aryl methyl sites for hydroxylation is 1. The lowest BCUT2D eigenvalue weighted by molar-refractivity contribution is -0.139. The monoisotopic (exact) mass is 276 g/mol. The smallest absolute Gasteiger partial charge is 0.318 e. The van der Waals surface area contributed by atoms with Gasteiger partial charge in [-0.25, -0.2) is 4.98 Å². The molecule has 1 atom stereocenters. The second kappa shape index (κ2) is 5.93. The summed E-state index contributed by atoms with van der Waals surface area (Å²) in [6.45, 7) is 3.86. The lowest BCUT2D eigenvalue weighted by atomic mass is 10.2. The van der Waals surface area contributed by atoms with Gasteiger partial charge in [0.2, 0.25) is 0 Å². The molecule has 1 aromatic heterocycles. The molecular weight excluding hydrogens is 260 g/mol. The zero-order chi connectivity index (χ0) is 13.8. The Balaban J connectivity index is 2.28. The Labute approximate surface area is 116 Å². The molecule has 2 rings (SSSR count). The number of imidazole rings is 1. The molecule has 1 aromatic carbocycles. The molecule has 0 aliphatic rings. The van der Waals surface area contributed by atoms with Crippen LogP contribution in [0.2, 0.25) is 0 Å². The van der Waals surface area contributed by atoms with Gasteiger partial charge in [-0.2, -0.15) is 0 Å². The van der Waals surface area contributed by atoms with Crippen LogP contribution in [-0.2, 0) is 9.53 Å². The largest absolute Gasteiger partial charge is 0.468 e. The van der Waals surface area contributed by atoms with Crippen LogP contribution in [0.25, 0.3) is 5.69 Å². The zero-order valence-electron chi connectivity index (χ0n) is 11.2. The predicted molar refractivity (Wildman–Crippen MR) is 75.6 cm³/mol. The van der Waals surface area contributed by atoms with Crippen LogP contribution in [0.15, 0.2) is 41.8 Å².